The molecule has 3 aromatic heterocycles. The Kier molecular flexibility index (Phi) is 6.52. The number of nitrogens with zero attached hydrogens (tertiary/aromatic N) is 6. The van der Waals surface area contributed by atoms with Gasteiger partial charge in [0.2, 0.25) is 11.8 Å². The number of anilines is 3. The Morgan fingerprint density at radius 1 is 1.18 bits per heavy atom. The van der Waals surface area contributed by atoms with Crippen molar-refractivity contribution in [3.05, 3.63) is 47.9 Å². The first kappa shape index (κ1) is 22.1. The van der Waals surface area contributed by atoms with Crippen molar-refractivity contribution >= 4 is 23.3 Å². The van der Waals surface area contributed by atoms with Gasteiger partial charge in [-0.2, -0.15) is 15.1 Å². The van der Waals surface area contributed by atoms with Crippen molar-refractivity contribution < 1.29 is 9.57 Å². The van der Waals surface area contributed by atoms with E-state index in [4.69, 9.17) is 9.57 Å². The monoisotopic (exact) mass is 463 g/mol. The van der Waals surface area contributed by atoms with Crippen LogP contribution in [0.1, 0.15) is 36.6 Å². The lowest BCUT2D eigenvalue weighted by Crippen LogP contribution is -2.22. The molecule has 1 aliphatic heterocycles. The minimum Gasteiger partial charge on any atom is -0.476 e. The van der Waals surface area contributed by atoms with Gasteiger partial charge in [-0.3, -0.25) is 10.1 Å². The minimum absolute atomic E-state index is 0.136. The normalized spacial score (nSPS) is 17.4. The van der Waals surface area contributed by atoms with Crippen LogP contribution in [0.2, 0.25) is 0 Å². The standard InChI is InChI=1S/C23H29N9O2/c1-32(2)9-10-33-22-13-20(26-21-12-18(29-30-21)15-6-7-15)27-23(28-22)25-14-16-11-19(31-34-16)17-5-3-4-8-24-17/h3-5,8,12-13,15-16H,6-7,9-11,14H2,1-2H3,(H3,25,26,27,28,29,30). The van der Waals surface area contributed by atoms with Gasteiger partial charge in [0.25, 0.3) is 0 Å². The quantitative estimate of drug-likeness (QED) is 0.393. The number of aromatic nitrogens is 5. The number of likely N-dealkylation sites (N-methyl/N-ethyl adjacent to an activating group) is 1. The first-order valence-corrected chi connectivity index (χ1v) is 11.5. The smallest absolute Gasteiger partial charge is 0.228 e. The third-order valence-corrected chi connectivity index (χ3v) is 5.54. The Labute approximate surface area is 198 Å². The molecule has 0 aromatic carbocycles. The molecule has 11 heteroatoms. The molecule has 2 aliphatic rings. The van der Waals surface area contributed by atoms with Gasteiger partial charge in [0, 0.05) is 42.9 Å². The number of hydrogen-bond acceptors (Lipinski definition) is 10. The molecule has 1 atom stereocenters. The molecule has 3 aromatic rings. The van der Waals surface area contributed by atoms with Crippen molar-refractivity contribution in [2.45, 2.75) is 31.3 Å². The van der Waals surface area contributed by atoms with Crippen molar-refractivity contribution in [1.82, 2.24) is 30.0 Å². The van der Waals surface area contributed by atoms with Crippen molar-refractivity contribution in [3.63, 3.8) is 0 Å². The van der Waals surface area contributed by atoms with Gasteiger partial charge in [-0.15, -0.1) is 0 Å². The summed E-state index contributed by atoms with van der Waals surface area (Å²) in [5.41, 5.74) is 2.81. The van der Waals surface area contributed by atoms with Crippen molar-refractivity contribution in [2.75, 3.05) is 44.4 Å². The lowest BCUT2D eigenvalue weighted by molar-refractivity contribution is 0.0948. The fourth-order valence-corrected chi connectivity index (χ4v) is 3.54. The number of H-pyrrole nitrogens is 1. The highest BCUT2D eigenvalue weighted by atomic mass is 16.6. The van der Waals surface area contributed by atoms with E-state index in [1.165, 1.54) is 12.8 Å². The zero-order valence-electron chi connectivity index (χ0n) is 19.4. The first-order chi connectivity index (χ1) is 16.6. The van der Waals surface area contributed by atoms with Crippen LogP contribution in [0.5, 0.6) is 5.88 Å². The van der Waals surface area contributed by atoms with E-state index in [0.717, 1.165) is 29.5 Å². The molecule has 0 spiro atoms. The Hall–Kier alpha value is -3.73. The maximum absolute atomic E-state index is 5.87. The summed E-state index contributed by atoms with van der Waals surface area (Å²) in [6.07, 6.45) is 4.69. The maximum atomic E-state index is 5.87. The number of oxime groups is 1. The number of nitrogens with one attached hydrogen (secondary N) is 3. The van der Waals surface area contributed by atoms with Crippen molar-refractivity contribution in [3.8, 4) is 5.88 Å². The molecular formula is C23H29N9O2. The van der Waals surface area contributed by atoms with E-state index in [1.54, 1.807) is 12.3 Å². The second-order valence-electron chi connectivity index (χ2n) is 8.74. The molecule has 0 radical (unpaired) electrons. The molecule has 178 valence electrons. The summed E-state index contributed by atoms with van der Waals surface area (Å²) < 4.78 is 5.87. The van der Waals surface area contributed by atoms with Gasteiger partial charge in [0.05, 0.1) is 12.2 Å². The zero-order valence-corrected chi connectivity index (χ0v) is 19.4. The summed E-state index contributed by atoms with van der Waals surface area (Å²) in [6, 6.07) is 9.55. The average Bonchev–Trinajstić information content (AvgIpc) is 3.39. The van der Waals surface area contributed by atoms with Gasteiger partial charge in [-0.05, 0) is 39.1 Å². The number of rotatable bonds is 11. The fraction of sp³-hybridized carbons (Fsp3) is 0.435. The summed E-state index contributed by atoms with van der Waals surface area (Å²) in [4.78, 5) is 21.1. The Bertz CT molecular complexity index is 1130. The summed E-state index contributed by atoms with van der Waals surface area (Å²) >= 11 is 0. The lowest BCUT2D eigenvalue weighted by atomic mass is 10.1. The van der Waals surface area contributed by atoms with Gasteiger partial charge < -0.3 is 25.1 Å². The van der Waals surface area contributed by atoms with E-state index in [1.807, 2.05) is 38.4 Å². The second-order valence-corrected chi connectivity index (χ2v) is 8.74. The predicted octanol–water partition coefficient (Wildman–Crippen LogP) is 2.76. The third kappa shape index (κ3) is 5.79. The SMILES string of the molecule is CN(C)CCOc1cc(Nc2cc(C3CC3)[nH]n2)nc(NCC2CC(c3ccccn3)=NO2)n1. The zero-order chi connectivity index (χ0) is 23.3. The maximum Gasteiger partial charge on any atom is 0.228 e. The van der Waals surface area contributed by atoms with Gasteiger partial charge >= 0.3 is 0 Å². The first-order valence-electron chi connectivity index (χ1n) is 11.5. The second kappa shape index (κ2) is 10.0. The van der Waals surface area contributed by atoms with Gasteiger partial charge in [-0.1, -0.05) is 11.2 Å². The van der Waals surface area contributed by atoms with Crippen LogP contribution in [0.25, 0.3) is 0 Å². The highest BCUT2D eigenvalue weighted by Crippen LogP contribution is 2.39. The average molecular weight is 464 g/mol. The fourth-order valence-electron chi connectivity index (χ4n) is 3.54. The van der Waals surface area contributed by atoms with Crippen LogP contribution in [-0.4, -0.2) is 75.7 Å². The minimum atomic E-state index is -0.136. The topological polar surface area (TPSA) is 125 Å². The molecule has 11 nitrogen and oxygen atoms in total. The molecule has 34 heavy (non-hydrogen) atoms. The van der Waals surface area contributed by atoms with E-state index < -0.39 is 0 Å². The van der Waals surface area contributed by atoms with Crippen LogP contribution in [0.3, 0.4) is 0 Å². The molecule has 1 aliphatic carbocycles. The van der Waals surface area contributed by atoms with Gasteiger partial charge in [0.15, 0.2) is 11.9 Å². The summed E-state index contributed by atoms with van der Waals surface area (Å²) in [5, 5.41) is 18.2. The largest absolute Gasteiger partial charge is 0.476 e. The Morgan fingerprint density at radius 2 is 2.09 bits per heavy atom. The van der Waals surface area contributed by atoms with E-state index in [9.17, 15) is 0 Å². The van der Waals surface area contributed by atoms with E-state index in [0.29, 0.717) is 43.1 Å². The van der Waals surface area contributed by atoms with Crippen LogP contribution in [-0.2, 0) is 4.84 Å². The van der Waals surface area contributed by atoms with E-state index in [2.05, 4.69) is 45.8 Å². The van der Waals surface area contributed by atoms with Crippen LogP contribution >= 0.6 is 0 Å². The van der Waals surface area contributed by atoms with Crippen LogP contribution in [0.15, 0.2) is 41.7 Å². The van der Waals surface area contributed by atoms with Gasteiger partial charge in [0.1, 0.15) is 18.1 Å². The highest BCUT2D eigenvalue weighted by molar-refractivity contribution is 5.99. The number of ether oxygens (including phenoxy) is 1. The van der Waals surface area contributed by atoms with Crippen molar-refractivity contribution in [1.29, 1.82) is 0 Å². The van der Waals surface area contributed by atoms with Crippen LogP contribution in [0, 0.1) is 0 Å². The molecule has 4 heterocycles. The molecule has 1 fully saturated rings. The van der Waals surface area contributed by atoms with Crippen LogP contribution in [0.4, 0.5) is 17.6 Å². The molecule has 3 N–H and O–H groups in total. The molecule has 1 saturated carbocycles. The van der Waals surface area contributed by atoms with E-state index in [-0.39, 0.29) is 6.10 Å². The van der Waals surface area contributed by atoms with E-state index >= 15 is 0 Å². The third-order valence-electron chi connectivity index (χ3n) is 5.54. The summed E-state index contributed by atoms with van der Waals surface area (Å²) in [5.74, 6) is 2.85. The summed E-state index contributed by atoms with van der Waals surface area (Å²) in [6.45, 7) is 1.79. The molecule has 5 rings (SSSR count). The molecule has 1 unspecified atom stereocenters. The highest BCUT2D eigenvalue weighted by Gasteiger charge is 2.26. The molecular weight excluding hydrogens is 434 g/mol. The molecule has 0 saturated heterocycles. The van der Waals surface area contributed by atoms with Crippen molar-refractivity contribution in [2.24, 2.45) is 5.16 Å². The number of hydrogen-bond donors (Lipinski definition) is 3. The summed E-state index contributed by atoms with van der Waals surface area (Å²) in [7, 11) is 4.00. The number of pyridine rings is 1. The Morgan fingerprint density at radius 3 is 2.88 bits per heavy atom. The van der Waals surface area contributed by atoms with Crippen LogP contribution < -0.4 is 15.4 Å². The molecule has 0 bridgehead atoms. The molecule has 0 amide bonds. The Balaban J connectivity index is 1.23. The lowest BCUT2D eigenvalue weighted by Gasteiger charge is -2.14. The van der Waals surface area contributed by atoms with Gasteiger partial charge in [-0.25, -0.2) is 0 Å². The predicted molar refractivity (Wildman–Crippen MR) is 129 cm³/mol. The number of aromatic amines is 1.